The van der Waals surface area contributed by atoms with Crippen LogP contribution < -0.4 is 5.32 Å². The SMILES string of the molecule is Cc1cnc(NCc2cnn(C)c2C)c(Br)c1. The quantitative estimate of drug-likeness (QED) is 0.947. The highest BCUT2D eigenvalue weighted by Gasteiger charge is 2.05. The molecule has 90 valence electrons. The molecule has 0 aromatic carbocycles. The lowest BCUT2D eigenvalue weighted by atomic mass is 10.2. The highest BCUT2D eigenvalue weighted by Crippen LogP contribution is 2.21. The zero-order valence-corrected chi connectivity index (χ0v) is 11.7. The summed E-state index contributed by atoms with van der Waals surface area (Å²) >= 11 is 3.50. The van der Waals surface area contributed by atoms with E-state index < -0.39 is 0 Å². The molecule has 4 nitrogen and oxygen atoms in total. The minimum Gasteiger partial charge on any atom is -0.365 e. The van der Waals surface area contributed by atoms with Crippen LogP contribution >= 0.6 is 15.9 Å². The summed E-state index contributed by atoms with van der Waals surface area (Å²) in [5, 5.41) is 7.51. The van der Waals surface area contributed by atoms with Crippen LogP contribution in [0.25, 0.3) is 0 Å². The molecule has 0 unspecified atom stereocenters. The molecular weight excluding hydrogens is 280 g/mol. The summed E-state index contributed by atoms with van der Waals surface area (Å²) < 4.78 is 2.85. The van der Waals surface area contributed by atoms with Gasteiger partial charge in [-0.2, -0.15) is 5.10 Å². The third kappa shape index (κ3) is 2.66. The monoisotopic (exact) mass is 294 g/mol. The number of halogens is 1. The van der Waals surface area contributed by atoms with Gasteiger partial charge in [0.15, 0.2) is 0 Å². The van der Waals surface area contributed by atoms with Crippen molar-refractivity contribution in [2.24, 2.45) is 7.05 Å². The van der Waals surface area contributed by atoms with Gasteiger partial charge in [-0.15, -0.1) is 0 Å². The molecule has 0 spiro atoms. The van der Waals surface area contributed by atoms with Gasteiger partial charge < -0.3 is 5.32 Å². The molecule has 0 aliphatic heterocycles. The van der Waals surface area contributed by atoms with E-state index in [-0.39, 0.29) is 0 Å². The molecule has 0 aliphatic carbocycles. The van der Waals surface area contributed by atoms with Crippen LogP contribution in [0.2, 0.25) is 0 Å². The largest absolute Gasteiger partial charge is 0.365 e. The molecule has 0 saturated heterocycles. The van der Waals surface area contributed by atoms with Gasteiger partial charge in [0.2, 0.25) is 0 Å². The Morgan fingerprint density at radius 1 is 1.35 bits per heavy atom. The normalized spacial score (nSPS) is 10.6. The van der Waals surface area contributed by atoms with Crippen molar-refractivity contribution in [1.82, 2.24) is 14.8 Å². The summed E-state index contributed by atoms with van der Waals surface area (Å²) in [7, 11) is 1.94. The number of aryl methyl sites for hydroxylation is 2. The smallest absolute Gasteiger partial charge is 0.140 e. The fourth-order valence-corrected chi connectivity index (χ4v) is 2.16. The first-order valence-electron chi connectivity index (χ1n) is 5.41. The van der Waals surface area contributed by atoms with Crippen molar-refractivity contribution >= 4 is 21.7 Å². The van der Waals surface area contributed by atoms with E-state index in [1.807, 2.05) is 37.1 Å². The highest BCUT2D eigenvalue weighted by atomic mass is 79.9. The molecule has 0 fully saturated rings. The second kappa shape index (κ2) is 4.87. The Morgan fingerprint density at radius 3 is 2.71 bits per heavy atom. The predicted molar refractivity (Wildman–Crippen MR) is 71.9 cm³/mol. The van der Waals surface area contributed by atoms with Crippen molar-refractivity contribution in [3.05, 3.63) is 39.8 Å². The molecule has 0 saturated carbocycles. The van der Waals surface area contributed by atoms with E-state index in [2.05, 4.69) is 38.3 Å². The molecule has 2 rings (SSSR count). The van der Waals surface area contributed by atoms with Crippen LogP contribution in [-0.4, -0.2) is 14.8 Å². The molecule has 1 N–H and O–H groups in total. The summed E-state index contributed by atoms with van der Waals surface area (Å²) in [4.78, 5) is 4.34. The third-order valence-corrected chi connectivity index (χ3v) is 3.37. The average Bonchev–Trinajstić information content (AvgIpc) is 2.59. The van der Waals surface area contributed by atoms with E-state index in [9.17, 15) is 0 Å². The van der Waals surface area contributed by atoms with E-state index in [4.69, 9.17) is 0 Å². The van der Waals surface area contributed by atoms with Gasteiger partial charge in [-0.05, 0) is 41.4 Å². The molecule has 0 amide bonds. The van der Waals surface area contributed by atoms with Crippen LogP contribution in [0.4, 0.5) is 5.82 Å². The molecule has 0 atom stereocenters. The number of nitrogens with one attached hydrogen (secondary N) is 1. The maximum atomic E-state index is 4.34. The Labute approximate surface area is 109 Å². The van der Waals surface area contributed by atoms with Crippen molar-refractivity contribution in [1.29, 1.82) is 0 Å². The number of hydrogen-bond donors (Lipinski definition) is 1. The highest BCUT2D eigenvalue weighted by molar-refractivity contribution is 9.10. The number of hydrogen-bond acceptors (Lipinski definition) is 3. The average molecular weight is 295 g/mol. The first kappa shape index (κ1) is 12.1. The molecule has 0 bridgehead atoms. The number of nitrogens with zero attached hydrogens (tertiary/aromatic N) is 3. The zero-order valence-electron chi connectivity index (χ0n) is 10.2. The molecular formula is C12H15BrN4. The number of anilines is 1. The van der Waals surface area contributed by atoms with Gasteiger partial charge in [0.25, 0.3) is 0 Å². The number of rotatable bonds is 3. The lowest BCUT2D eigenvalue weighted by molar-refractivity contribution is 0.738. The van der Waals surface area contributed by atoms with E-state index in [1.54, 1.807) is 0 Å². The Balaban J connectivity index is 2.10. The lowest BCUT2D eigenvalue weighted by Crippen LogP contribution is -2.03. The van der Waals surface area contributed by atoms with Gasteiger partial charge in [-0.3, -0.25) is 4.68 Å². The Morgan fingerprint density at radius 2 is 2.12 bits per heavy atom. The molecule has 17 heavy (non-hydrogen) atoms. The topological polar surface area (TPSA) is 42.7 Å². The van der Waals surface area contributed by atoms with Crippen LogP contribution in [-0.2, 0) is 13.6 Å². The van der Waals surface area contributed by atoms with Crippen molar-refractivity contribution < 1.29 is 0 Å². The summed E-state index contributed by atoms with van der Waals surface area (Å²) in [5.41, 5.74) is 3.49. The Bertz CT molecular complexity index is 533. The van der Waals surface area contributed by atoms with Crippen molar-refractivity contribution in [2.45, 2.75) is 20.4 Å². The van der Waals surface area contributed by atoms with E-state index >= 15 is 0 Å². The van der Waals surface area contributed by atoms with Crippen LogP contribution in [0.1, 0.15) is 16.8 Å². The van der Waals surface area contributed by atoms with E-state index in [0.717, 1.165) is 22.4 Å². The molecule has 2 aromatic rings. The number of aromatic nitrogens is 3. The fourth-order valence-electron chi connectivity index (χ4n) is 1.56. The summed E-state index contributed by atoms with van der Waals surface area (Å²) in [6.07, 6.45) is 3.73. The number of pyridine rings is 1. The summed E-state index contributed by atoms with van der Waals surface area (Å²) in [5.74, 6) is 0.860. The van der Waals surface area contributed by atoms with Crippen LogP contribution in [0.15, 0.2) is 22.9 Å². The summed E-state index contributed by atoms with van der Waals surface area (Å²) in [6.45, 7) is 4.81. The Hall–Kier alpha value is -1.36. The molecule has 0 aliphatic rings. The maximum absolute atomic E-state index is 4.34. The Kier molecular flexibility index (Phi) is 3.47. The standard InChI is InChI=1S/C12H15BrN4/c1-8-4-11(13)12(14-5-8)15-6-10-7-16-17(3)9(10)2/h4-5,7H,6H2,1-3H3,(H,14,15). The van der Waals surface area contributed by atoms with Crippen molar-refractivity contribution in [3.63, 3.8) is 0 Å². The van der Waals surface area contributed by atoms with Crippen LogP contribution in [0.3, 0.4) is 0 Å². The fraction of sp³-hybridized carbons (Fsp3) is 0.333. The van der Waals surface area contributed by atoms with Crippen molar-refractivity contribution in [2.75, 3.05) is 5.32 Å². The maximum Gasteiger partial charge on any atom is 0.140 e. The summed E-state index contributed by atoms with van der Waals surface area (Å²) in [6, 6.07) is 2.05. The van der Waals surface area contributed by atoms with Gasteiger partial charge in [-0.25, -0.2) is 4.98 Å². The molecule has 2 heterocycles. The molecule has 2 aromatic heterocycles. The zero-order chi connectivity index (χ0) is 12.4. The van der Waals surface area contributed by atoms with Gasteiger partial charge in [-0.1, -0.05) is 0 Å². The van der Waals surface area contributed by atoms with Gasteiger partial charge in [0.1, 0.15) is 5.82 Å². The first-order valence-corrected chi connectivity index (χ1v) is 6.20. The van der Waals surface area contributed by atoms with Gasteiger partial charge in [0.05, 0.1) is 10.7 Å². The predicted octanol–water partition coefficient (Wildman–Crippen LogP) is 2.81. The molecule has 5 heteroatoms. The lowest BCUT2D eigenvalue weighted by Gasteiger charge is -2.07. The van der Waals surface area contributed by atoms with Gasteiger partial charge in [0, 0.05) is 31.0 Å². The van der Waals surface area contributed by atoms with Crippen molar-refractivity contribution in [3.8, 4) is 0 Å². The third-order valence-electron chi connectivity index (χ3n) is 2.76. The van der Waals surface area contributed by atoms with E-state index in [0.29, 0.717) is 0 Å². The van der Waals surface area contributed by atoms with Crippen LogP contribution in [0.5, 0.6) is 0 Å². The van der Waals surface area contributed by atoms with E-state index in [1.165, 1.54) is 11.3 Å². The minimum atomic E-state index is 0.730. The van der Waals surface area contributed by atoms with Crippen LogP contribution in [0, 0.1) is 13.8 Å². The second-order valence-electron chi connectivity index (χ2n) is 4.08. The minimum absolute atomic E-state index is 0.730. The van der Waals surface area contributed by atoms with Gasteiger partial charge >= 0.3 is 0 Å². The first-order chi connectivity index (χ1) is 8.08. The molecule has 0 radical (unpaired) electrons. The second-order valence-corrected chi connectivity index (χ2v) is 4.93.